The van der Waals surface area contributed by atoms with E-state index in [9.17, 15) is 4.79 Å². The summed E-state index contributed by atoms with van der Waals surface area (Å²) in [6.45, 7) is 4.38. The number of carbonyl (C=O) groups is 1. The fourth-order valence-corrected chi connectivity index (χ4v) is 3.86. The van der Waals surface area contributed by atoms with Crippen LogP contribution in [0.3, 0.4) is 0 Å². The number of nitrogens with one attached hydrogen (secondary N) is 1. The van der Waals surface area contributed by atoms with Gasteiger partial charge in [-0.1, -0.05) is 35.3 Å². The number of thiophene rings is 1. The number of halogens is 2. The lowest BCUT2D eigenvalue weighted by atomic mass is 10.2. The molecule has 1 saturated heterocycles. The minimum Gasteiger partial charge on any atom is -0.379 e. The van der Waals surface area contributed by atoms with Gasteiger partial charge in [0.1, 0.15) is 4.34 Å². The number of hydrogen-bond acceptors (Lipinski definition) is 4. The van der Waals surface area contributed by atoms with Gasteiger partial charge in [-0.25, -0.2) is 0 Å². The highest BCUT2D eigenvalue weighted by molar-refractivity contribution is 7.20. The molecule has 0 bridgehead atoms. The van der Waals surface area contributed by atoms with E-state index in [2.05, 4.69) is 10.2 Å². The van der Waals surface area contributed by atoms with Crippen LogP contribution in [0.15, 0.2) is 30.3 Å². The molecular weight excluding hydrogens is 355 g/mol. The number of carbonyl (C=O) groups excluding carboxylic acids is 1. The van der Waals surface area contributed by atoms with Crippen molar-refractivity contribution in [3.8, 4) is 0 Å². The summed E-state index contributed by atoms with van der Waals surface area (Å²) in [7, 11) is 0. The van der Waals surface area contributed by atoms with Crippen molar-refractivity contribution in [1.82, 2.24) is 4.90 Å². The van der Waals surface area contributed by atoms with Crippen LogP contribution in [0.2, 0.25) is 8.67 Å². The van der Waals surface area contributed by atoms with Gasteiger partial charge in [0.15, 0.2) is 0 Å². The minimum atomic E-state index is -0.251. The zero-order chi connectivity index (χ0) is 16.2. The maximum Gasteiger partial charge on any atom is 0.258 e. The second kappa shape index (κ2) is 7.64. The molecule has 3 rings (SSSR count). The highest BCUT2D eigenvalue weighted by Crippen LogP contribution is 2.31. The predicted octanol–water partition coefficient (Wildman–Crippen LogP) is 4.14. The maximum atomic E-state index is 12.2. The van der Waals surface area contributed by atoms with Crippen LogP contribution in [0, 0.1) is 0 Å². The molecule has 2 aromatic rings. The Kier molecular flexibility index (Phi) is 5.56. The molecule has 0 saturated carbocycles. The molecule has 1 aliphatic heterocycles. The third-order valence-electron chi connectivity index (χ3n) is 3.62. The molecule has 1 aromatic carbocycles. The van der Waals surface area contributed by atoms with Gasteiger partial charge in [-0.2, -0.15) is 0 Å². The summed E-state index contributed by atoms with van der Waals surface area (Å²) in [6, 6.07) is 9.42. The van der Waals surface area contributed by atoms with Gasteiger partial charge < -0.3 is 10.1 Å². The monoisotopic (exact) mass is 370 g/mol. The number of anilines is 1. The molecule has 122 valence electrons. The van der Waals surface area contributed by atoms with Crippen LogP contribution >= 0.6 is 34.5 Å². The lowest BCUT2D eigenvalue weighted by molar-refractivity contribution is 0.0342. The quantitative estimate of drug-likeness (QED) is 0.878. The molecule has 0 spiro atoms. The Bertz CT molecular complexity index is 682. The van der Waals surface area contributed by atoms with Gasteiger partial charge in [0.2, 0.25) is 0 Å². The van der Waals surface area contributed by atoms with Crippen LogP contribution < -0.4 is 5.32 Å². The van der Waals surface area contributed by atoms with Crippen molar-refractivity contribution in [2.24, 2.45) is 0 Å². The number of benzene rings is 1. The van der Waals surface area contributed by atoms with Crippen molar-refractivity contribution in [2.75, 3.05) is 31.6 Å². The first-order chi connectivity index (χ1) is 11.1. The van der Waals surface area contributed by atoms with Crippen molar-refractivity contribution in [3.05, 3.63) is 50.1 Å². The van der Waals surface area contributed by atoms with Gasteiger partial charge in [0.25, 0.3) is 5.91 Å². The van der Waals surface area contributed by atoms with E-state index in [1.54, 1.807) is 6.07 Å². The molecule has 0 unspecified atom stereocenters. The van der Waals surface area contributed by atoms with Crippen molar-refractivity contribution in [3.63, 3.8) is 0 Å². The van der Waals surface area contributed by atoms with Crippen molar-refractivity contribution >= 4 is 46.1 Å². The van der Waals surface area contributed by atoms with E-state index in [1.165, 1.54) is 16.9 Å². The van der Waals surface area contributed by atoms with Gasteiger partial charge in [-0.15, -0.1) is 11.3 Å². The van der Waals surface area contributed by atoms with Gasteiger partial charge in [0.05, 0.1) is 23.1 Å². The van der Waals surface area contributed by atoms with E-state index in [-0.39, 0.29) is 5.91 Å². The van der Waals surface area contributed by atoms with Gasteiger partial charge in [-0.05, 0) is 23.8 Å². The molecule has 23 heavy (non-hydrogen) atoms. The Labute approximate surface area is 149 Å². The first kappa shape index (κ1) is 16.7. The SMILES string of the molecule is O=C(Nc1ccc(CN2CCOCC2)cc1)c1cc(Cl)sc1Cl. The lowest BCUT2D eigenvalue weighted by Gasteiger charge is -2.26. The van der Waals surface area contributed by atoms with Crippen LogP contribution in [0.25, 0.3) is 0 Å². The van der Waals surface area contributed by atoms with E-state index >= 15 is 0 Å². The molecule has 0 aliphatic carbocycles. The second-order valence-electron chi connectivity index (χ2n) is 5.28. The summed E-state index contributed by atoms with van der Waals surface area (Å²) in [4.78, 5) is 14.5. The molecule has 7 heteroatoms. The average Bonchev–Trinajstić information content (AvgIpc) is 2.89. The number of ether oxygens (including phenoxy) is 1. The number of amides is 1. The minimum absolute atomic E-state index is 0.251. The fourth-order valence-electron chi connectivity index (χ4n) is 2.40. The molecule has 1 N–H and O–H groups in total. The molecular formula is C16H16Cl2N2O2S. The zero-order valence-corrected chi connectivity index (χ0v) is 14.7. The topological polar surface area (TPSA) is 41.6 Å². The van der Waals surface area contributed by atoms with Crippen molar-refractivity contribution in [1.29, 1.82) is 0 Å². The fraction of sp³-hybridized carbons (Fsp3) is 0.312. The highest BCUT2D eigenvalue weighted by Gasteiger charge is 2.15. The summed E-state index contributed by atoms with van der Waals surface area (Å²) >= 11 is 13.0. The number of rotatable bonds is 4. The van der Waals surface area contributed by atoms with Crippen LogP contribution in [0.4, 0.5) is 5.69 Å². The number of hydrogen-bond donors (Lipinski definition) is 1. The van der Waals surface area contributed by atoms with E-state index < -0.39 is 0 Å². The Hall–Kier alpha value is -1.11. The van der Waals surface area contributed by atoms with Gasteiger partial charge in [0, 0.05) is 25.3 Å². The van der Waals surface area contributed by atoms with Crippen LogP contribution in [0.5, 0.6) is 0 Å². The summed E-state index contributed by atoms with van der Waals surface area (Å²) in [5.41, 5.74) is 2.35. The summed E-state index contributed by atoms with van der Waals surface area (Å²) in [5, 5.41) is 2.83. The number of morpholine rings is 1. The van der Waals surface area contributed by atoms with Gasteiger partial charge >= 0.3 is 0 Å². The van der Waals surface area contributed by atoms with E-state index in [4.69, 9.17) is 27.9 Å². The Balaban J connectivity index is 1.60. The average molecular weight is 371 g/mol. The summed E-state index contributed by atoms with van der Waals surface area (Å²) < 4.78 is 6.25. The first-order valence-electron chi connectivity index (χ1n) is 7.27. The molecule has 1 amide bonds. The first-order valence-corrected chi connectivity index (χ1v) is 8.84. The summed E-state index contributed by atoms with van der Waals surface area (Å²) in [5.74, 6) is -0.251. The Morgan fingerprint density at radius 1 is 1.22 bits per heavy atom. The van der Waals surface area contributed by atoms with Crippen molar-refractivity contribution in [2.45, 2.75) is 6.54 Å². The molecule has 4 nitrogen and oxygen atoms in total. The van der Waals surface area contributed by atoms with Crippen LogP contribution in [0.1, 0.15) is 15.9 Å². The second-order valence-corrected chi connectivity index (χ2v) is 7.56. The van der Waals surface area contributed by atoms with E-state index in [0.717, 1.165) is 38.5 Å². The van der Waals surface area contributed by atoms with E-state index in [0.29, 0.717) is 14.2 Å². The van der Waals surface area contributed by atoms with Crippen LogP contribution in [-0.4, -0.2) is 37.1 Å². The van der Waals surface area contributed by atoms with Crippen LogP contribution in [-0.2, 0) is 11.3 Å². The molecule has 0 atom stereocenters. The summed E-state index contributed by atoms with van der Waals surface area (Å²) in [6.07, 6.45) is 0. The van der Waals surface area contributed by atoms with Crippen molar-refractivity contribution < 1.29 is 9.53 Å². The molecule has 2 heterocycles. The zero-order valence-electron chi connectivity index (χ0n) is 12.4. The molecule has 0 radical (unpaired) electrons. The Morgan fingerprint density at radius 3 is 2.52 bits per heavy atom. The largest absolute Gasteiger partial charge is 0.379 e. The molecule has 1 aliphatic rings. The maximum absolute atomic E-state index is 12.2. The number of nitrogens with zero attached hydrogens (tertiary/aromatic N) is 1. The normalized spacial score (nSPS) is 15.6. The predicted molar refractivity (Wildman–Crippen MR) is 94.8 cm³/mol. The molecule has 1 aromatic heterocycles. The van der Waals surface area contributed by atoms with Gasteiger partial charge in [-0.3, -0.25) is 9.69 Å². The lowest BCUT2D eigenvalue weighted by Crippen LogP contribution is -2.35. The smallest absolute Gasteiger partial charge is 0.258 e. The third-order valence-corrected chi connectivity index (χ3v) is 5.11. The highest BCUT2D eigenvalue weighted by atomic mass is 35.5. The third kappa shape index (κ3) is 4.46. The molecule has 1 fully saturated rings. The van der Waals surface area contributed by atoms with E-state index in [1.807, 2.05) is 24.3 Å². The standard InChI is InChI=1S/C16H16Cl2N2O2S/c17-14-9-13(15(18)23-14)16(21)19-12-3-1-11(2-4-12)10-20-5-7-22-8-6-20/h1-4,9H,5-8,10H2,(H,19,21). The Morgan fingerprint density at radius 2 is 1.91 bits per heavy atom.